The number of fused-ring (bicyclic) bond motifs is 12. The quantitative estimate of drug-likeness (QED) is 0.321. The lowest BCUT2D eigenvalue weighted by molar-refractivity contribution is -0.0146. The Hall–Kier alpha value is 1.88. The predicted molar refractivity (Wildman–Crippen MR) is 159 cm³/mol. The highest BCUT2D eigenvalue weighted by molar-refractivity contribution is 7.03. The standard InChI is InChI=1S/C12H36O18Si12/c1-31-13-32(2)21-35(5)14-33(3,19-31)23-37(7)16-39(9,25-35)29-42(12)18-41(11,27-37)28-38(8)17-40(10,30-42)26-36(6,22-32)15-34(4,20-31)24-38/h1-12H3. The molecular weight excluding hydrogens is 769 g/mol. The minimum Gasteiger partial charge on any atom is -0.374 e. The lowest BCUT2D eigenvalue weighted by Gasteiger charge is -2.60. The van der Waals surface area contributed by atoms with Gasteiger partial charge in [0.25, 0.3) is 0 Å². The average Bonchev–Trinajstić information content (AvgIpc) is 2.53. The number of rotatable bonds is 0. The van der Waals surface area contributed by atoms with E-state index in [0.29, 0.717) is 0 Å². The Morgan fingerprint density at radius 2 is 0.190 bits per heavy atom. The van der Waals surface area contributed by atoms with Gasteiger partial charge in [0, 0.05) is 78.6 Å². The van der Waals surface area contributed by atoms with Gasteiger partial charge in [0.1, 0.15) is 0 Å². The third kappa shape index (κ3) is 5.80. The monoisotopic (exact) mass is 804 g/mol. The van der Waals surface area contributed by atoms with Crippen molar-refractivity contribution in [2.75, 3.05) is 0 Å². The first-order valence-electron chi connectivity index (χ1n) is 13.3. The molecule has 0 unspecified atom stereocenters. The van der Waals surface area contributed by atoms with Crippen molar-refractivity contribution in [3.8, 4) is 0 Å². The fourth-order valence-electron chi connectivity index (χ4n) is 6.81. The first kappa shape index (κ1) is 32.4. The van der Waals surface area contributed by atoms with Gasteiger partial charge in [-0.15, -0.1) is 0 Å². The van der Waals surface area contributed by atoms with Gasteiger partial charge in [-0.3, -0.25) is 0 Å². The van der Waals surface area contributed by atoms with E-state index in [9.17, 15) is 0 Å². The average molecular weight is 805 g/mol. The van der Waals surface area contributed by atoms with Gasteiger partial charge >= 0.3 is 106 Å². The zero-order valence-corrected chi connectivity index (χ0v) is 37.3. The van der Waals surface area contributed by atoms with E-state index in [-0.39, 0.29) is 0 Å². The molecule has 6 rings (SSSR count). The van der Waals surface area contributed by atoms with Crippen molar-refractivity contribution < 1.29 is 74.1 Å². The Bertz CT molecular complexity index is 869. The van der Waals surface area contributed by atoms with Gasteiger partial charge in [-0.2, -0.15) is 0 Å². The molecule has 12 bridgehead atoms. The van der Waals surface area contributed by atoms with Gasteiger partial charge in [0.15, 0.2) is 0 Å². The SMILES string of the molecule is C[Si]12O[Si]3(C)O[Si]4(C)O[Si](C)(O1)O[Si]1(C)O[Si](C)(O4)O[Si]4(C)O[Si](C)(O1)O[Si]1(C)O[Si](C)(O[Si](C)(O[Si](C)(O2)O1)O3)O4. The summed E-state index contributed by atoms with van der Waals surface area (Å²) in [4.78, 5) is 0. The molecule has 6 fully saturated rings. The van der Waals surface area contributed by atoms with Gasteiger partial charge in [0.2, 0.25) is 0 Å². The minimum absolute atomic E-state index is 1.69. The molecule has 0 spiro atoms. The Kier molecular flexibility index (Phi) is 6.88. The van der Waals surface area contributed by atoms with Crippen LogP contribution in [0.2, 0.25) is 78.6 Å². The zero-order chi connectivity index (χ0) is 30.7. The van der Waals surface area contributed by atoms with E-state index in [1.54, 1.807) is 78.6 Å². The van der Waals surface area contributed by atoms with Crippen LogP contribution in [0.25, 0.3) is 0 Å². The van der Waals surface area contributed by atoms with Crippen LogP contribution in [0.4, 0.5) is 0 Å². The first-order chi connectivity index (χ1) is 18.7. The van der Waals surface area contributed by atoms with Crippen LogP contribution in [-0.4, -0.2) is 106 Å². The molecule has 6 saturated heterocycles. The van der Waals surface area contributed by atoms with Crippen LogP contribution in [0.3, 0.4) is 0 Å². The molecule has 42 heavy (non-hydrogen) atoms. The van der Waals surface area contributed by atoms with Crippen LogP contribution >= 0.6 is 0 Å². The second-order valence-corrected chi connectivity index (χ2v) is 47.6. The molecule has 0 radical (unpaired) electrons. The van der Waals surface area contributed by atoms with E-state index in [2.05, 4.69) is 0 Å². The molecule has 6 aliphatic rings. The summed E-state index contributed by atoms with van der Waals surface area (Å²) < 4.78 is 121. The summed E-state index contributed by atoms with van der Waals surface area (Å²) in [7, 11) is -46.2. The Balaban J connectivity index is 1.55. The highest BCUT2D eigenvalue weighted by atomic mass is 28.6. The zero-order valence-electron chi connectivity index (χ0n) is 25.3. The molecule has 0 aromatic carbocycles. The second kappa shape index (κ2) is 8.91. The van der Waals surface area contributed by atoms with Crippen LogP contribution in [0.5, 0.6) is 0 Å². The van der Waals surface area contributed by atoms with Crippen molar-refractivity contribution in [3.63, 3.8) is 0 Å². The summed E-state index contributed by atoms with van der Waals surface area (Å²) in [6.45, 7) is 20.3. The molecule has 6 aliphatic heterocycles. The smallest absolute Gasteiger partial charge is 0.374 e. The second-order valence-electron chi connectivity index (χ2n) is 12.2. The maximum Gasteiger partial charge on any atom is 0.475 e. The molecule has 0 amide bonds. The highest BCUT2D eigenvalue weighted by Gasteiger charge is 2.79. The highest BCUT2D eigenvalue weighted by Crippen LogP contribution is 2.48. The van der Waals surface area contributed by atoms with Crippen LogP contribution < -0.4 is 0 Å². The van der Waals surface area contributed by atoms with E-state index in [4.69, 9.17) is 74.1 Å². The fourth-order valence-corrected chi connectivity index (χ4v) is 74.8. The molecule has 0 aromatic rings. The van der Waals surface area contributed by atoms with E-state index < -0.39 is 106 Å². The summed E-state index contributed by atoms with van der Waals surface area (Å²) in [5, 5.41) is 0. The van der Waals surface area contributed by atoms with Gasteiger partial charge in [-0.1, -0.05) is 0 Å². The van der Waals surface area contributed by atoms with Crippen molar-refractivity contribution in [1.82, 2.24) is 0 Å². The first-order valence-corrected chi connectivity index (χ1v) is 40.0. The molecule has 0 N–H and O–H groups in total. The third-order valence-electron chi connectivity index (χ3n) is 6.67. The number of hydrogen-bond acceptors (Lipinski definition) is 18. The summed E-state index contributed by atoms with van der Waals surface area (Å²) in [5.41, 5.74) is 0. The van der Waals surface area contributed by atoms with Gasteiger partial charge < -0.3 is 74.1 Å². The largest absolute Gasteiger partial charge is 0.475 e. The Morgan fingerprint density at radius 3 is 0.238 bits per heavy atom. The molecule has 30 heteroatoms. The molecule has 0 aliphatic carbocycles. The molecule has 0 atom stereocenters. The lowest BCUT2D eigenvalue weighted by Crippen LogP contribution is -2.85. The van der Waals surface area contributed by atoms with Crippen LogP contribution in [0, 0.1) is 0 Å². The molecule has 18 nitrogen and oxygen atoms in total. The van der Waals surface area contributed by atoms with Crippen molar-refractivity contribution in [1.29, 1.82) is 0 Å². The van der Waals surface area contributed by atoms with Crippen LogP contribution in [0.15, 0.2) is 0 Å². The molecular formula is C12H36O18Si12. The van der Waals surface area contributed by atoms with Crippen molar-refractivity contribution >= 4 is 106 Å². The lowest BCUT2D eigenvalue weighted by atomic mass is 11.9. The molecule has 0 saturated carbocycles. The predicted octanol–water partition coefficient (Wildman–Crippen LogP) is 1.20. The van der Waals surface area contributed by atoms with E-state index in [1.165, 1.54) is 0 Å². The van der Waals surface area contributed by atoms with Gasteiger partial charge in [0.05, 0.1) is 0 Å². The maximum absolute atomic E-state index is 6.74. The van der Waals surface area contributed by atoms with Crippen molar-refractivity contribution in [3.05, 3.63) is 0 Å². The van der Waals surface area contributed by atoms with Crippen LogP contribution in [0.1, 0.15) is 0 Å². The summed E-state index contributed by atoms with van der Waals surface area (Å²) in [5.74, 6) is 0. The normalized spacial score (nSPS) is 66.0. The van der Waals surface area contributed by atoms with Crippen molar-refractivity contribution in [2.45, 2.75) is 78.6 Å². The molecule has 6 heterocycles. The summed E-state index contributed by atoms with van der Waals surface area (Å²) in [6.07, 6.45) is 0. The van der Waals surface area contributed by atoms with Gasteiger partial charge in [-0.25, -0.2) is 0 Å². The maximum atomic E-state index is 6.74. The topological polar surface area (TPSA) is 166 Å². The summed E-state index contributed by atoms with van der Waals surface area (Å²) in [6, 6.07) is 0. The third-order valence-corrected chi connectivity index (χ3v) is 60.1. The Morgan fingerprint density at radius 1 is 0.143 bits per heavy atom. The fraction of sp³-hybridized carbons (Fsp3) is 1.00. The Labute approximate surface area is 257 Å². The van der Waals surface area contributed by atoms with E-state index in [1.807, 2.05) is 0 Å². The number of hydrogen-bond donors (Lipinski definition) is 0. The summed E-state index contributed by atoms with van der Waals surface area (Å²) >= 11 is 0. The van der Waals surface area contributed by atoms with E-state index in [0.717, 1.165) is 0 Å². The van der Waals surface area contributed by atoms with Crippen molar-refractivity contribution in [2.24, 2.45) is 0 Å². The minimum atomic E-state index is -3.85. The molecule has 0 aromatic heterocycles. The molecule has 240 valence electrons. The van der Waals surface area contributed by atoms with E-state index >= 15 is 0 Å². The van der Waals surface area contributed by atoms with Gasteiger partial charge in [-0.05, 0) is 0 Å². The van der Waals surface area contributed by atoms with Crippen LogP contribution in [-0.2, 0) is 74.1 Å².